The van der Waals surface area contributed by atoms with E-state index in [0.717, 1.165) is 19.0 Å². The van der Waals surface area contributed by atoms with Crippen LogP contribution in [0.25, 0.3) is 0 Å². The topological polar surface area (TPSA) is 46.3 Å². The lowest BCUT2D eigenvalue weighted by atomic mass is 10.0. The van der Waals surface area contributed by atoms with Crippen molar-refractivity contribution in [3.05, 3.63) is 0 Å². The number of carbonyl (C=O) groups excluding carboxylic acids is 1. The van der Waals surface area contributed by atoms with Gasteiger partial charge in [0.2, 0.25) is 5.91 Å². The van der Waals surface area contributed by atoms with Gasteiger partial charge in [0.25, 0.3) is 0 Å². The van der Waals surface area contributed by atoms with E-state index in [4.69, 9.17) is 5.73 Å². The molecule has 3 nitrogen and oxygen atoms in total. The van der Waals surface area contributed by atoms with E-state index in [2.05, 4.69) is 0 Å². The molecule has 0 aromatic carbocycles. The number of hydrogen-bond acceptors (Lipinski definition) is 2. The SMILES string of the molecule is CCN(CC1CC1)C(=O)CC(C)(C)N. The van der Waals surface area contributed by atoms with Gasteiger partial charge in [0.15, 0.2) is 0 Å². The predicted molar refractivity (Wildman–Crippen MR) is 57.9 cm³/mol. The lowest BCUT2D eigenvalue weighted by molar-refractivity contribution is -0.132. The fraction of sp³-hybridized carbons (Fsp3) is 0.909. The Bertz CT molecular complexity index is 204. The van der Waals surface area contributed by atoms with Crippen molar-refractivity contribution in [2.75, 3.05) is 13.1 Å². The third-order valence-corrected chi connectivity index (χ3v) is 2.52. The largest absolute Gasteiger partial charge is 0.343 e. The summed E-state index contributed by atoms with van der Waals surface area (Å²) in [5.74, 6) is 0.965. The van der Waals surface area contributed by atoms with E-state index in [-0.39, 0.29) is 11.4 Å². The molecule has 1 amide bonds. The molecule has 1 aliphatic carbocycles. The van der Waals surface area contributed by atoms with Crippen molar-refractivity contribution in [1.29, 1.82) is 0 Å². The van der Waals surface area contributed by atoms with Gasteiger partial charge in [0, 0.05) is 25.0 Å². The second-order valence-electron chi connectivity index (χ2n) is 5.04. The minimum absolute atomic E-state index is 0.201. The van der Waals surface area contributed by atoms with Gasteiger partial charge >= 0.3 is 0 Å². The van der Waals surface area contributed by atoms with Gasteiger partial charge in [-0.2, -0.15) is 0 Å². The lowest BCUT2D eigenvalue weighted by Gasteiger charge is -2.25. The molecule has 0 aromatic heterocycles. The maximum absolute atomic E-state index is 11.8. The summed E-state index contributed by atoms with van der Waals surface area (Å²) >= 11 is 0. The molecule has 1 aliphatic rings. The fourth-order valence-corrected chi connectivity index (χ4v) is 1.52. The van der Waals surface area contributed by atoms with Crippen molar-refractivity contribution in [2.45, 2.75) is 45.6 Å². The maximum Gasteiger partial charge on any atom is 0.224 e. The standard InChI is InChI=1S/C11H22N2O/c1-4-13(8-9-5-6-9)10(14)7-11(2,3)12/h9H,4-8,12H2,1-3H3. The number of nitrogens with zero attached hydrogens (tertiary/aromatic N) is 1. The third kappa shape index (κ3) is 4.09. The maximum atomic E-state index is 11.8. The van der Waals surface area contributed by atoms with Gasteiger partial charge in [-0.25, -0.2) is 0 Å². The van der Waals surface area contributed by atoms with E-state index in [0.29, 0.717) is 6.42 Å². The summed E-state index contributed by atoms with van der Waals surface area (Å²) in [5.41, 5.74) is 5.45. The zero-order valence-electron chi connectivity index (χ0n) is 9.55. The zero-order valence-corrected chi connectivity index (χ0v) is 9.55. The Balaban J connectivity index is 2.38. The predicted octanol–water partition coefficient (Wildman–Crippen LogP) is 1.37. The van der Waals surface area contributed by atoms with Gasteiger partial charge in [0.1, 0.15) is 0 Å². The van der Waals surface area contributed by atoms with Crippen molar-refractivity contribution in [3.63, 3.8) is 0 Å². The monoisotopic (exact) mass is 198 g/mol. The molecule has 0 unspecified atom stereocenters. The van der Waals surface area contributed by atoms with E-state index in [1.54, 1.807) is 0 Å². The van der Waals surface area contributed by atoms with Crippen LogP contribution >= 0.6 is 0 Å². The fourth-order valence-electron chi connectivity index (χ4n) is 1.52. The van der Waals surface area contributed by atoms with Crippen molar-refractivity contribution in [3.8, 4) is 0 Å². The summed E-state index contributed by atoms with van der Waals surface area (Å²) in [5, 5.41) is 0. The minimum Gasteiger partial charge on any atom is -0.343 e. The van der Waals surface area contributed by atoms with Gasteiger partial charge in [-0.3, -0.25) is 4.79 Å². The molecular formula is C11H22N2O. The van der Waals surface area contributed by atoms with Crippen LogP contribution < -0.4 is 5.73 Å². The van der Waals surface area contributed by atoms with E-state index in [1.165, 1.54) is 12.8 Å². The Labute approximate surface area is 86.6 Å². The summed E-state index contributed by atoms with van der Waals surface area (Å²) in [7, 11) is 0. The molecule has 0 aliphatic heterocycles. The van der Waals surface area contributed by atoms with Crippen LogP contribution in [0.5, 0.6) is 0 Å². The summed E-state index contributed by atoms with van der Waals surface area (Å²) < 4.78 is 0. The molecule has 1 rings (SSSR count). The number of hydrogen-bond donors (Lipinski definition) is 1. The number of rotatable bonds is 5. The van der Waals surface area contributed by atoms with Gasteiger partial charge in [-0.15, -0.1) is 0 Å². The van der Waals surface area contributed by atoms with Crippen molar-refractivity contribution in [1.82, 2.24) is 4.90 Å². The van der Waals surface area contributed by atoms with Gasteiger partial charge in [0.05, 0.1) is 0 Å². The molecule has 0 aromatic rings. The Morgan fingerprint density at radius 1 is 1.50 bits per heavy atom. The summed E-state index contributed by atoms with van der Waals surface area (Å²) in [4.78, 5) is 13.7. The number of amides is 1. The van der Waals surface area contributed by atoms with Crippen LogP contribution in [0.1, 0.15) is 40.0 Å². The average molecular weight is 198 g/mol. The number of nitrogens with two attached hydrogens (primary N) is 1. The van der Waals surface area contributed by atoms with Gasteiger partial charge in [-0.1, -0.05) is 0 Å². The summed E-state index contributed by atoms with van der Waals surface area (Å²) in [6.07, 6.45) is 3.03. The highest BCUT2D eigenvalue weighted by Gasteiger charge is 2.27. The first kappa shape index (κ1) is 11.5. The first-order valence-corrected chi connectivity index (χ1v) is 5.49. The lowest BCUT2D eigenvalue weighted by Crippen LogP contribution is -2.41. The van der Waals surface area contributed by atoms with E-state index < -0.39 is 0 Å². The first-order chi connectivity index (χ1) is 6.42. The molecule has 82 valence electrons. The number of carbonyl (C=O) groups is 1. The van der Waals surface area contributed by atoms with Crippen LogP contribution in [0, 0.1) is 5.92 Å². The first-order valence-electron chi connectivity index (χ1n) is 5.49. The molecule has 0 spiro atoms. The van der Waals surface area contributed by atoms with Gasteiger partial charge < -0.3 is 10.6 Å². The molecule has 0 heterocycles. The molecule has 0 bridgehead atoms. The summed E-state index contributed by atoms with van der Waals surface area (Å²) in [6, 6.07) is 0. The smallest absolute Gasteiger partial charge is 0.224 e. The Morgan fingerprint density at radius 2 is 2.07 bits per heavy atom. The van der Waals surface area contributed by atoms with E-state index >= 15 is 0 Å². The van der Waals surface area contributed by atoms with Crippen LogP contribution in [0.4, 0.5) is 0 Å². The normalized spacial score (nSPS) is 16.9. The van der Waals surface area contributed by atoms with Crippen LogP contribution in [0.3, 0.4) is 0 Å². The molecule has 0 saturated heterocycles. The summed E-state index contributed by atoms with van der Waals surface area (Å²) in [6.45, 7) is 7.58. The highest BCUT2D eigenvalue weighted by atomic mass is 16.2. The van der Waals surface area contributed by atoms with Crippen LogP contribution in [0.15, 0.2) is 0 Å². The Hall–Kier alpha value is -0.570. The second-order valence-corrected chi connectivity index (χ2v) is 5.04. The third-order valence-electron chi connectivity index (χ3n) is 2.52. The zero-order chi connectivity index (χ0) is 10.8. The molecular weight excluding hydrogens is 176 g/mol. The molecule has 1 fully saturated rings. The van der Waals surface area contributed by atoms with Crippen molar-refractivity contribution in [2.24, 2.45) is 11.7 Å². The van der Waals surface area contributed by atoms with Crippen molar-refractivity contribution < 1.29 is 4.79 Å². The highest BCUT2D eigenvalue weighted by Crippen LogP contribution is 2.29. The average Bonchev–Trinajstić information content (AvgIpc) is 2.79. The van der Waals surface area contributed by atoms with Crippen LogP contribution in [-0.2, 0) is 4.79 Å². The quantitative estimate of drug-likeness (QED) is 0.725. The molecule has 1 saturated carbocycles. The highest BCUT2D eigenvalue weighted by molar-refractivity contribution is 5.77. The molecule has 0 atom stereocenters. The van der Waals surface area contributed by atoms with E-state index in [9.17, 15) is 4.79 Å². The molecule has 2 N–H and O–H groups in total. The molecule has 3 heteroatoms. The Morgan fingerprint density at radius 3 is 2.43 bits per heavy atom. The molecule has 14 heavy (non-hydrogen) atoms. The second kappa shape index (κ2) is 4.30. The van der Waals surface area contributed by atoms with Crippen LogP contribution in [-0.4, -0.2) is 29.4 Å². The minimum atomic E-state index is -0.381. The van der Waals surface area contributed by atoms with Crippen LogP contribution in [0.2, 0.25) is 0 Å². The van der Waals surface area contributed by atoms with Gasteiger partial charge in [-0.05, 0) is 39.5 Å². The molecule has 0 radical (unpaired) electrons. The van der Waals surface area contributed by atoms with Crippen molar-refractivity contribution >= 4 is 5.91 Å². The Kier molecular flexibility index (Phi) is 3.53. The van der Waals surface area contributed by atoms with E-state index in [1.807, 2.05) is 25.7 Å².